The molecule has 0 radical (unpaired) electrons. The summed E-state index contributed by atoms with van der Waals surface area (Å²) in [5.41, 5.74) is 0.157. The van der Waals surface area contributed by atoms with E-state index in [-0.39, 0.29) is 11.0 Å². The molecule has 2 aromatic rings. The van der Waals surface area contributed by atoms with Crippen LogP contribution in [0, 0.1) is 5.82 Å². The molecule has 0 bridgehead atoms. The first-order valence-corrected chi connectivity index (χ1v) is 5.92. The second kappa shape index (κ2) is 2.96. The highest BCUT2D eigenvalue weighted by atomic mass is 35.7. The molecule has 0 saturated carbocycles. The highest BCUT2D eigenvalue weighted by molar-refractivity contribution is 8.13. The number of benzene rings is 1. The largest absolute Gasteiger partial charge is 0.443 e. The fraction of sp³-hybridized carbons (Fsp3) is 0. The molecule has 0 unspecified atom stereocenters. The van der Waals surface area contributed by atoms with Crippen molar-refractivity contribution in [1.82, 2.24) is 0 Å². The van der Waals surface area contributed by atoms with E-state index in [0.717, 1.165) is 6.07 Å². The van der Waals surface area contributed by atoms with Crippen LogP contribution in [-0.2, 0) is 9.05 Å². The van der Waals surface area contributed by atoms with Crippen LogP contribution in [0.5, 0.6) is 0 Å². The summed E-state index contributed by atoms with van der Waals surface area (Å²) < 4.78 is 39.7. The number of hydrogen-bond acceptors (Lipinski definition) is 3. The summed E-state index contributed by atoms with van der Waals surface area (Å²) >= 11 is 0. The molecule has 0 aliphatic carbocycles. The first-order chi connectivity index (χ1) is 6.48. The summed E-state index contributed by atoms with van der Waals surface area (Å²) in [6, 6.07) is 5.16. The van der Waals surface area contributed by atoms with Gasteiger partial charge >= 0.3 is 0 Å². The zero-order valence-electron chi connectivity index (χ0n) is 6.70. The Morgan fingerprint density at radius 3 is 2.64 bits per heavy atom. The van der Waals surface area contributed by atoms with E-state index in [0.29, 0.717) is 0 Å². The SMILES string of the molecule is O=S(=O)(Cl)c1cc2c(F)cccc2o1. The van der Waals surface area contributed by atoms with Gasteiger partial charge in [-0.05, 0) is 12.1 Å². The van der Waals surface area contributed by atoms with Gasteiger partial charge in [0.1, 0.15) is 11.4 Å². The normalized spacial score (nSPS) is 12.1. The molecule has 0 saturated heterocycles. The minimum Gasteiger partial charge on any atom is -0.443 e. The van der Waals surface area contributed by atoms with Crippen molar-refractivity contribution in [3.05, 3.63) is 30.1 Å². The van der Waals surface area contributed by atoms with Gasteiger partial charge in [-0.1, -0.05) is 6.07 Å². The summed E-state index contributed by atoms with van der Waals surface area (Å²) in [6.45, 7) is 0. The van der Waals surface area contributed by atoms with Gasteiger partial charge < -0.3 is 4.42 Å². The lowest BCUT2D eigenvalue weighted by molar-refractivity contribution is 0.488. The molecule has 0 aliphatic heterocycles. The van der Waals surface area contributed by atoms with Crippen molar-refractivity contribution in [2.24, 2.45) is 0 Å². The number of fused-ring (bicyclic) bond motifs is 1. The van der Waals surface area contributed by atoms with E-state index in [1.54, 1.807) is 0 Å². The molecular weight excluding hydrogens is 231 g/mol. The Morgan fingerprint density at radius 2 is 2.07 bits per heavy atom. The third-order valence-corrected chi connectivity index (χ3v) is 2.86. The van der Waals surface area contributed by atoms with E-state index in [1.165, 1.54) is 18.2 Å². The van der Waals surface area contributed by atoms with Crippen LogP contribution < -0.4 is 0 Å². The van der Waals surface area contributed by atoms with Gasteiger partial charge in [0, 0.05) is 16.7 Å². The molecule has 14 heavy (non-hydrogen) atoms. The molecular formula is C8H4ClFO3S. The van der Waals surface area contributed by atoms with Gasteiger partial charge in [-0.25, -0.2) is 12.8 Å². The first kappa shape index (κ1) is 9.48. The lowest BCUT2D eigenvalue weighted by Gasteiger charge is -1.87. The molecule has 1 aromatic carbocycles. The second-order valence-corrected chi connectivity index (χ2v) is 5.15. The summed E-state index contributed by atoms with van der Waals surface area (Å²) in [4.78, 5) is 0. The Bertz CT molecular complexity index is 588. The van der Waals surface area contributed by atoms with Gasteiger partial charge in [-0.3, -0.25) is 0 Å². The van der Waals surface area contributed by atoms with Crippen molar-refractivity contribution in [3.8, 4) is 0 Å². The molecule has 0 N–H and O–H groups in total. The van der Waals surface area contributed by atoms with E-state index in [2.05, 4.69) is 0 Å². The average molecular weight is 235 g/mol. The lowest BCUT2D eigenvalue weighted by Crippen LogP contribution is -1.85. The van der Waals surface area contributed by atoms with Crippen LogP contribution >= 0.6 is 10.7 Å². The van der Waals surface area contributed by atoms with E-state index in [1.807, 2.05) is 0 Å². The van der Waals surface area contributed by atoms with Crippen molar-refractivity contribution in [1.29, 1.82) is 0 Å². The second-order valence-electron chi connectivity index (χ2n) is 2.65. The van der Waals surface area contributed by atoms with Crippen molar-refractivity contribution in [3.63, 3.8) is 0 Å². The van der Waals surface area contributed by atoms with E-state index in [4.69, 9.17) is 15.1 Å². The molecule has 2 rings (SSSR count). The Hall–Kier alpha value is -1.07. The molecule has 1 aromatic heterocycles. The van der Waals surface area contributed by atoms with Gasteiger partial charge in [0.05, 0.1) is 5.39 Å². The van der Waals surface area contributed by atoms with Crippen molar-refractivity contribution >= 4 is 30.7 Å². The Labute approximate surface area is 83.5 Å². The van der Waals surface area contributed by atoms with Gasteiger partial charge in [0.25, 0.3) is 9.05 Å². The molecule has 0 atom stereocenters. The minimum absolute atomic E-state index is 0.103. The Balaban J connectivity index is 2.81. The fourth-order valence-corrected chi connectivity index (χ4v) is 1.80. The fourth-order valence-electron chi connectivity index (χ4n) is 1.12. The number of rotatable bonds is 1. The molecule has 6 heteroatoms. The maximum absolute atomic E-state index is 13.1. The van der Waals surface area contributed by atoms with Crippen molar-refractivity contribution < 1.29 is 17.2 Å². The first-order valence-electron chi connectivity index (χ1n) is 3.61. The monoisotopic (exact) mass is 234 g/mol. The van der Waals surface area contributed by atoms with Crippen LogP contribution in [0.4, 0.5) is 4.39 Å². The molecule has 0 fully saturated rings. The maximum atomic E-state index is 13.1. The van der Waals surface area contributed by atoms with Crippen LogP contribution in [-0.4, -0.2) is 8.42 Å². The van der Waals surface area contributed by atoms with Crippen molar-refractivity contribution in [2.45, 2.75) is 5.09 Å². The number of halogens is 2. The molecule has 0 spiro atoms. The Kier molecular flexibility index (Phi) is 2.01. The van der Waals surface area contributed by atoms with Gasteiger partial charge in [0.15, 0.2) is 0 Å². The summed E-state index contributed by atoms with van der Waals surface area (Å²) in [5.74, 6) is -0.544. The average Bonchev–Trinajstić information content (AvgIpc) is 2.48. The van der Waals surface area contributed by atoms with Crippen molar-refractivity contribution in [2.75, 3.05) is 0 Å². The molecule has 3 nitrogen and oxygen atoms in total. The lowest BCUT2D eigenvalue weighted by atomic mass is 10.2. The zero-order chi connectivity index (χ0) is 10.3. The molecule has 1 heterocycles. The van der Waals surface area contributed by atoms with Crippen LogP contribution in [0.2, 0.25) is 0 Å². The van der Waals surface area contributed by atoms with Gasteiger partial charge in [-0.15, -0.1) is 0 Å². The smallest absolute Gasteiger partial charge is 0.294 e. The third kappa shape index (κ3) is 1.49. The van der Waals surface area contributed by atoms with Crippen LogP contribution in [0.25, 0.3) is 11.0 Å². The third-order valence-electron chi connectivity index (χ3n) is 1.73. The summed E-state index contributed by atoms with van der Waals surface area (Å²) in [5, 5.41) is -0.342. The van der Waals surface area contributed by atoms with E-state index < -0.39 is 20.0 Å². The molecule has 74 valence electrons. The quantitative estimate of drug-likeness (QED) is 0.713. The predicted octanol–water partition coefficient (Wildman–Crippen LogP) is 2.50. The van der Waals surface area contributed by atoms with Crippen LogP contribution in [0.3, 0.4) is 0 Å². The van der Waals surface area contributed by atoms with Crippen LogP contribution in [0.1, 0.15) is 0 Å². The molecule has 0 aliphatic rings. The highest BCUT2D eigenvalue weighted by Crippen LogP contribution is 2.26. The topological polar surface area (TPSA) is 47.3 Å². The number of furan rings is 1. The number of hydrogen-bond donors (Lipinski definition) is 0. The van der Waals surface area contributed by atoms with Gasteiger partial charge in [-0.2, -0.15) is 0 Å². The summed E-state index contributed by atoms with van der Waals surface area (Å²) in [6.07, 6.45) is 0. The zero-order valence-corrected chi connectivity index (χ0v) is 8.27. The van der Waals surface area contributed by atoms with Gasteiger partial charge in [0.2, 0.25) is 5.09 Å². The van der Waals surface area contributed by atoms with E-state index in [9.17, 15) is 12.8 Å². The standard InChI is InChI=1S/C8H4ClFO3S/c9-14(11,12)8-4-5-6(10)2-1-3-7(5)13-8/h1-4H. The molecule has 0 amide bonds. The van der Waals surface area contributed by atoms with Crippen LogP contribution in [0.15, 0.2) is 33.8 Å². The summed E-state index contributed by atoms with van der Waals surface area (Å²) in [7, 11) is 1.10. The van der Waals surface area contributed by atoms with E-state index >= 15 is 0 Å². The Morgan fingerprint density at radius 1 is 1.36 bits per heavy atom. The predicted molar refractivity (Wildman–Crippen MR) is 49.2 cm³/mol. The maximum Gasteiger partial charge on any atom is 0.294 e. The minimum atomic E-state index is -3.94. The highest BCUT2D eigenvalue weighted by Gasteiger charge is 2.17.